The summed E-state index contributed by atoms with van der Waals surface area (Å²) >= 11 is 0. The number of benzene rings is 3. The van der Waals surface area contributed by atoms with E-state index < -0.39 is 0 Å². The Morgan fingerprint density at radius 1 is 0.900 bits per heavy atom. The smallest absolute Gasteiger partial charge is 0.223 e. The Balaban J connectivity index is 1.69. The van der Waals surface area contributed by atoms with Gasteiger partial charge in [-0.2, -0.15) is 0 Å². The zero-order valence-corrected chi connectivity index (χ0v) is 17.7. The molecule has 5 nitrogen and oxygen atoms in total. The van der Waals surface area contributed by atoms with Crippen LogP contribution in [0.1, 0.15) is 36.4 Å². The number of ether oxygens (including phenoxy) is 3. The monoisotopic (exact) mass is 405 g/mol. The lowest BCUT2D eigenvalue weighted by molar-refractivity contribution is -0.137. The maximum absolute atomic E-state index is 13.0. The van der Waals surface area contributed by atoms with Gasteiger partial charge in [0.15, 0.2) is 0 Å². The molecular weight excluding hydrogens is 378 g/mol. The Bertz CT molecular complexity index is 1040. The van der Waals surface area contributed by atoms with Gasteiger partial charge in [-0.05, 0) is 59.5 Å². The second kappa shape index (κ2) is 8.66. The number of methoxy groups -OCH3 is 3. The number of piperidine rings is 1. The third-order valence-electron chi connectivity index (χ3n) is 5.83. The van der Waals surface area contributed by atoms with Gasteiger partial charge in [-0.3, -0.25) is 4.79 Å². The summed E-state index contributed by atoms with van der Waals surface area (Å²) in [5, 5.41) is 2.25. The molecule has 5 heteroatoms. The minimum atomic E-state index is -0.0797. The summed E-state index contributed by atoms with van der Waals surface area (Å²) < 4.78 is 16.6. The molecule has 4 rings (SSSR count). The number of likely N-dealkylation sites (tertiary alicyclic amines) is 1. The fourth-order valence-electron chi connectivity index (χ4n) is 4.32. The van der Waals surface area contributed by atoms with Gasteiger partial charge in [0.05, 0.1) is 32.9 Å². The van der Waals surface area contributed by atoms with E-state index >= 15 is 0 Å². The van der Waals surface area contributed by atoms with Gasteiger partial charge >= 0.3 is 0 Å². The standard InChI is InChI=1S/C25H27NO4/c1-28-20-13-12-18-14-17(10-11-19(18)15-20)16-26-21(6-4-9-24(26)27)25-22(29-2)7-5-8-23(25)30-3/h5,7-8,10-15,21H,4,6,9,16H2,1-3H3. The van der Waals surface area contributed by atoms with E-state index in [0.29, 0.717) is 13.0 Å². The minimum Gasteiger partial charge on any atom is -0.497 e. The summed E-state index contributed by atoms with van der Waals surface area (Å²) in [6, 6.07) is 18.0. The predicted molar refractivity (Wildman–Crippen MR) is 117 cm³/mol. The number of hydrogen-bond acceptors (Lipinski definition) is 4. The van der Waals surface area contributed by atoms with E-state index in [1.165, 1.54) is 0 Å². The van der Waals surface area contributed by atoms with Crippen molar-refractivity contribution in [2.45, 2.75) is 31.8 Å². The number of carbonyl (C=O) groups excluding carboxylic acids is 1. The van der Waals surface area contributed by atoms with Gasteiger partial charge in [-0.15, -0.1) is 0 Å². The van der Waals surface area contributed by atoms with Crippen molar-refractivity contribution in [3.8, 4) is 17.2 Å². The molecule has 0 aliphatic carbocycles. The lowest BCUT2D eigenvalue weighted by Gasteiger charge is -2.37. The molecule has 3 aromatic carbocycles. The van der Waals surface area contributed by atoms with Gasteiger partial charge < -0.3 is 19.1 Å². The fraction of sp³-hybridized carbons (Fsp3) is 0.320. The van der Waals surface area contributed by atoms with Crippen LogP contribution in [-0.4, -0.2) is 32.1 Å². The van der Waals surface area contributed by atoms with Crippen molar-refractivity contribution in [2.24, 2.45) is 0 Å². The highest BCUT2D eigenvalue weighted by atomic mass is 16.5. The van der Waals surface area contributed by atoms with E-state index in [-0.39, 0.29) is 11.9 Å². The summed E-state index contributed by atoms with van der Waals surface area (Å²) in [6.45, 7) is 0.548. The van der Waals surface area contributed by atoms with E-state index in [1.54, 1.807) is 21.3 Å². The van der Waals surface area contributed by atoms with Gasteiger partial charge in [0, 0.05) is 13.0 Å². The molecule has 30 heavy (non-hydrogen) atoms. The molecule has 1 unspecified atom stereocenters. The lowest BCUT2D eigenvalue weighted by Crippen LogP contribution is -2.38. The molecular formula is C25H27NO4. The van der Waals surface area contributed by atoms with E-state index in [9.17, 15) is 4.79 Å². The van der Waals surface area contributed by atoms with E-state index in [2.05, 4.69) is 24.3 Å². The van der Waals surface area contributed by atoms with Crippen LogP contribution in [0.15, 0.2) is 54.6 Å². The van der Waals surface area contributed by atoms with Gasteiger partial charge in [0.1, 0.15) is 17.2 Å². The Hall–Kier alpha value is -3.21. The Morgan fingerprint density at radius 2 is 1.60 bits per heavy atom. The molecule has 0 bridgehead atoms. The Labute approximate surface area is 177 Å². The molecule has 0 aromatic heterocycles. The molecule has 1 fully saturated rings. The summed E-state index contributed by atoms with van der Waals surface area (Å²) in [5.41, 5.74) is 2.04. The van der Waals surface area contributed by atoms with Crippen LogP contribution in [0.25, 0.3) is 10.8 Å². The molecule has 0 spiro atoms. The van der Waals surface area contributed by atoms with Crippen LogP contribution in [-0.2, 0) is 11.3 Å². The zero-order chi connectivity index (χ0) is 21.1. The quantitative estimate of drug-likeness (QED) is 0.571. The molecule has 0 saturated carbocycles. The minimum absolute atomic E-state index is 0.0797. The number of fused-ring (bicyclic) bond motifs is 1. The van der Waals surface area contributed by atoms with Crippen LogP contribution < -0.4 is 14.2 Å². The van der Waals surface area contributed by atoms with Crippen LogP contribution in [0.3, 0.4) is 0 Å². The van der Waals surface area contributed by atoms with Crippen LogP contribution in [0, 0.1) is 0 Å². The highest BCUT2D eigenvalue weighted by molar-refractivity contribution is 5.85. The molecule has 0 radical (unpaired) electrons. The van der Waals surface area contributed by atoms with Crippen LogP contribution >= 0.6 is 0 Å². The highest BCUT2D eigenvalue weighted by Gasteiger charge is 2.33. The third kappa shape index (κ3) is 3.80. The number of hydrogen-bond donors (Lipinski definition) is 0. The number of nitrogens with zero attached hydrogens (tertiary/aromatic N) is 1. The van der Waals surface area contributed by atoms with Crippen molar-refractivity contribution in [1.29, 1.82) is 0 Å². The van der Waals surface area contributed by atoms with E-state index in [4.69, 9.17) is 14.2 Å². The van der Waals surface area contributed by atoms with Gasteiger partial charge in [-0.1, -0.05) is 24.3 Å². The topological polar surface area (TPSA) is 48.0 Å². The first-order valence-corrected chi connectivity index (χ1v) is 10.2. The molecule has 1 aliphatic heterocycles. The first kappa shape index (κ1) is 20.1. The molecule has 156 valence electrons. The van der Waals surface area contributed by atoms with Crippen molar-refractivity contribution < 1.29 is 19.0 Å². The predicted octanol–water partition coefficient (Wildman–Crippen LogP) is 5.12. The first-order chi connectivity index (χ1) is 14.6. The van der Waals surface area contributed by atoms with Crippen LogP contribution in [0.2, 0.25) is 0 Å². The van der Waals surface area contributed by atoms with Crippen molar-refractivity contribution in [3.05, 3.63) is 65.7 Å². The summed E-state index contributed by atoms with van der Waals surface area (Å²) in [7, 11) is 4.99. The average molecular weight is 405 g/mol. The maximum atomic E-state index is 13.0. The Kier molecular flexibility index (Phi) is 5.79. The number of carbonyl (C=O) groups is 1. The molecule has 1 heterocycles. The normalized spacial score (nSPS) is 16.6. The van der Waals surface area contributed by atoms with Crippen molar-refractivity contribution in [2.75, 3.05) is 21.3 Å². The molecule has 1 amide bonds. The van der Waals surface area contributed by atoms with Crippen molar-refractivity contribution in [3.63, 3.8) is 0 Å². The van der Waals surface area contributed by atoms with Crippen LogP contribution in [0.4, 0.5) is 0 Å². The summed E-state index contributed by atoms with van der Waals surface area (Å²) in [5.74, 6) is 2.51. The van der Waals surface area contributed by atoms with Crippen molar-refractivity contribution in [1.82, 2.24) is 4.90 Å². The summed E-state index contributed by atoms with van der Waals surface area (Å²) in [4.78, 5) is 14.9. The summed E-state index contributed by atoms with van der Waals surface area (Å²) in [6.07, 6.45) is 2.31. The largest absolute Gasteiger partial charge is 0.497 e. The molecule has 1 atom stereocenters. The van der Waals surface area contributed by atoms with E-state index in [1.807, 2.05) is 35.2 Å². The first-order valence-electron chi connectivity index (χ1n) is 10.2. The molecule has 0 N–H and O–H groups in total. The second-order valence-corrected chi connectivity index (χ2v) is 7.55. The second-order valence-electron chi connectivity index (χ2n) is 7.55. The third-order valence-corrected chi connectivity index (χ3v) is 5.83. The molecule has 1 saturated heterocycles. The Morgan fingerprint density at radius 3 is 2.30 bits per heavy atom. The SMILES string of the molecule is COc1ccc2cc(CN3C(=O)CCCC3c3c(OC)cccc3OC)ccc2c1. The fourth-order valence-corrected chi connectivity index (χ4v) is 4.32. The van der Waals surface area contributed by atoms with Gasteiger partial charge in [0.25, 0.3) is 0 Å². The highest BCUT2D eigenvalue weighted by Crippen LogP contribution is 2.42. The average Bonchev–Trinajstić information content (AvgIpc) is 2.79. The van der Waals surface area contributed by atoms with Crippen molar-refractivity contribution >= 4 is 16.7 Å². The lowest BCUT2D eigenvalue weighted by atomic mass is 9.92. The van der Waals surface area contributed by atoms with E-state index in [0.717, 1.165) is 52.0 Å². The molecule has 3 aromatic rings. The van der Waals surface area contributed by atoms with Crippen LogP contribution in [0.5, 0.6) is 17.2 Å². The molecule has 1 aliphatic rings. The maximum Gasteiger partial charge on any atom is 0.223 e. The number of rotatable bonds is 6. The zero-order valence-electron chi connectivity index (χ0n) is 17.7. The van der Waals surface area contributed by atoms with Gasteiger partial charge in [0.2, 0.25) is 5.91 Å². The van der Waals surface area contributed by atoms with Gasteiger partial charge in [-0.25, -0.2) is 0 Å². The number of amides is 1.